The van der Waals surface area contributed by atoms with Crippen molar-refractivity contribution in [1.29, 1.82) is 0 Å². The van der Waals surface area contributed by atoms with Crippen molar-refractivity contribution in [3.05, 3.63) is 12.7 Å². The zero-order chi connectivity index (χ0) is 8.67. The van der Waals surface area contributed by atoms with E-state index in [0.29, 0.717) is 6.04 Å². The first-order valence-electron chi connectivity index (χ1n) is 5.00. The summed E-state index contributed by atoms with van der Waals surface area (Å²) in [6, 6.07) is 0.588. The Bertz CT molecular complexity index is 282. The Balaban J connectivity index is 0.000000562. The van der Waals surface area contributed by atoms with Gasteiger partial charge in [-0.1, -0.05) is 0 Å². The molecule has 1 unspecified atom stereocenters. The van der Waals surface area contributed by atoms with E-state index in [9.17, 15) is 0 Å². The van der Waals surface area contributed by atoms with E-state index in [-0.39, 0.29) is 24.8 Å². The van der Waals surface area contributed by atoms with Gasteiger partial charge in [0.2, 0.25) is 0 Å². The molecule has 1 atom stereocenters. The molecule has 0 spiro atoms. The number of piperidine rings is 3. The molecule has 0 N–H and O–H groups in total. The molecule has 0 aliphatic carbocycles. The Morgan fingerprint density at radius 2 is 1.87 bits per heavy atom. The van der Waals surface area contributed by atoms with Crippen LogP contribution in [0.2, 0.25) is 0 Å². The Morgan fingerprint density at radius 3 is 2.33 bits per heavy atom. The summed E-state index contributed by atoms with van der Waals surface area (Å²) < 4.78 is 2.04. The molecule has 3 aliphatic rings. The normalized spacial score (nSPS) is 32.9. The molecule has 15 heavy (non-hydrogen) atoms. The molecule has 1 aromatic rings. The molecular formula is C9H16Cl2N4. The van der Waals surface area contributed by atoms with Gasteiger partial charge in [-0.2, -0.15) is 5.10 Å². The predicted octanol–water partition coefficient (Wildman–Crippen LogP) is 1.39. The SMILES string of the molecule is Cl.Cl.c1ncn(C2CN3CCC2CC3)n1. The maximum Gasteiger partial charge on any atom is 0.137 e. The molecule has 6 heteroatoms. The number of fused-ring (bicyclic) bond motifs is 3. The smallest absolute Gasteiger partial charge is 0.137 e. The lowest BCUT2D eigenvalue weighted by Crippen LogP contribution is -2.48. The molecule has 3 saturated heterocycles. The summed E-state index contributed by atoms with van der Waals surface area (Å²) in [5.74, 6) is 0.840. The molecule has 3 aliphatic heterocycles. The van der Waals surface area contributed by atoms with Crippen LogP contribution in [0.25, 0.3) is 0 Å². The van der Waals surface area contributed by atoms with E-state index in [0.717, 1.165) is 5.92 Å². The number of aromatic nitrogens is 3. The summed E-state index contributed by atoms with van der Waals surface area (Å²) in [5, 5.41) is 4.24. The van der Waals surface area contributed by atoms with Crippen molar-refractivity contribution in [2.45, 2.75) is 18.9 Å². The van der Waals surface area contributed by atoms with Crippen LogP contribution >= 0.6 is 24.8 Å². The second kappa shape index (κ2) is 5.14. The molecule has 0 radical (unpaired) electrons. The maximum absolute atomic E-state index is 4.24. The number of hydrogen-bond acceptors (Lipinski definition) is 3. The minimum absolute atomic E-state index is 0. The Labute approximate surface area is 102 Å². The highest BCUT2D eigenvalue weighted by Crippen LogP contribution is 2.34. The highest BCUT2D eigenvalue weighted by molar-refractivity contribution is 5.85. The standard InChI is InChI=1S/C9H14N4.2ClH/c1-3-12-4-2-8(1)9(5-12)13-7-10-6-11-13;;/h6-9H,1-5H2;2*1H. The lowest BCUT2D eigenvalue weighted by Gasteiger charge is -2.44. The van der Waals surface area contributed by atoms with Crippen molar-refractivity contribution >= 4 is 24.8 Å². The number of nitrogens with zero attached hydrogens (tertiary/aromatic N) is 4. The Kier molecular flexibility index (Phi) is 4.37. The van der Waals surface area contributed by atoms with Crippen molar-refractivity contribution in [3.8, 4) is 0 Å². The first-order valence-corrected chi connectivity index (χ1v) is 5.00. The second-order valence-electron chi connectivity index (χ2n) is 4.08. The van der Waals surface area contributed by atoms with Gasteiger partial charge in [-0.15, -0.1) is 24.8 Å². The number of rotatable bonds is 1. The Morgan fingerprint density at radius 1 is 1.13 bits per heavy atom. The highest BCUT2D eigenvalue weighted by Gasteiger charge is 2.35. The fourth-order valence-corrected chi connectivity index (χ4v) is 2.62. The average Bonchev–Trinajstić information content (AvgIpc) is 2.72. The largest absolute Gasteiger partial charge is 0.301 e. The fraction of sp³-hybridized carbons (Fsp3) is 0.778. The summed E-state index contributed by atoms with van der Waals surface area (Å²) in [6.07, 6.45) is 6.17. The predicted molar refractivity (Wildman–Crippen MR) is 62.7 cm³/mol. The van der Waals surface area contributed by atoms with Crippen molar-refractivity contribution in [1.82, 2.24) is 19.7 Å². The van der Waals surface area contributed by atoms with Gasteiger partial charge < -0.3 is 4.90 Å². The van der Waals surface area contributed by atoms with E-state index in [1.54, 1.807) is 6.33 Å². The van der Waals surface area contributed by atoms with E-state index in [4.69, 9.17) is 0 Å². The maximum atomic E-state index is 4.24. The van der Waals surface area contributed by atoms with Gasteiger partial charge in [-0.25, -0.2) is 9.67 Å². The van der Waals surface area contributed by atoms with Crippen molar-refractivity contribution in [2.75, 3.05) is 19.6 Å². The van der Waals surface area contributed by atoms with Crippen LogP contribution in [0.15, 0.2) is 12.7 Å². The molecule has 0 saturated carbocycles. The minimum Gasteiger partial charge on any atom is -0.301 e. The van der Waals surface area contributed by atoms with Crippen LogP contribution in [-0.4, -0.2) is 39.3 Å². The van der Waals surface area contributed by atoms with Gasteiger partial charge in [0, 0.05) is 6.54 Å². The minimum atomic E-state index is 0. The van der Waals surface area contributed by atoms with E-state index < -0.39 is 0 Å². The zero-order valence-corrected chi connectivity index (χ0v) is 10.1. The fourth-order valence-electron chi connectivity index (χ4n) is 2.62. The molecule has 0 aromatic carbocycles. The first kappa shape index (κ1) is 12.7. The van der Waals surface area contributed by atoms with Gasteiger partial charge >= 0.3 is 0 Å². The van der Waals surface area contributed by atoms with Gasteiger partial charge in [0.05, 0.1) is 6.04 Å². The summed E-state index contributed by atoms with van der Waals surface area (Å²) in [7, 11) is 0. The third-order valence-electron chi connectivity index (χ3n) is 3.40. The molecule has 2 bridgehead atoms. The van der Waals surface area contributed by atoms with Crippen LogP contribution in [0.1, 0.15) is 18.9 Å². The molecule has 86 valence electrons. The lowest BCUT2D eigenvalue weighted by atomic mass is 9.84. The highest BCUT2D eigenvalue weighted by atomic mass is 35.5. The van der Waals surface area contributed by atoms with E-state index in [1.165, 1.54) is 32.5 Å². The molecule has 3 fully saturated rings. The van der Waals surface area contributed by atoms with Gasteiger partial charge in [0.1, 0.15) is 12.7 Å². The van der Waals surface area contributed by atoms with Crippen LogP contribution in [0, 0.1) is 5.92 Å². The summed E-state index contributed by atoms with van der Waals surface area (Å²) in [5.41, 5.74) is 0. The van der Waals surface area contributed by atoms with Crippen LogP contribution in [0.4, 0.5) is 0 Å². The van der Waals surface area contributed by atoms with Crippen LogP contribution < -0.4 is 0 Å². The molecule has 4 nitrogen and oxygen atoms in total. The average molecular weight is 251 g/mol. The topological polar surface area (TPSA) is 34.0 Å². The summed E-state index contributed by atoms with van der Waals surface area (Å²) in [6.45, 7) is 3.75. The van der Waals surface area contributed by atoms with Crippen molar-refractivity contribution in [3.63, 3.8) is 0 Å². The molecule has 4 rings (SSSR count). The third kappa shape index (κ3) is 2.27. The molecule has 4 heterocycles. The van der Waals surface area contributed by atoms with Crippen molar-refractivity contribution in [2.24, 2.45) is 5.92 Å². The van der Waals surface area contributed by atoms with Gasteiger partial charge in [0.25, 0.3) is 0 Å². The monoisotopic (exact) mass is 250 g/mol. The van der Waals surface area contributed by atoms with Gasteiger partial charge in [0.15, 0.2) is 0 Å². The number of hydrogen-bond donors (Lipinski definition) is 0. The second-order valence-corrected chi connectivity index (χ2v) is 4.08. The van der Waals surface area contributed by atoms with Crippen molar-refractivity contribution < 1.29 is 0 Å². The van der Waals surface area contributed by atoms with Crippen LogP contribution in [0.3, 0.4) is 0 Å². The van der Waals surface area contributed by atoms with Crippen LogP contribution in [-0.2, 0) is 0 Å². The summed E-state index contributed by atoms with van der Waals surface area (Å²) in [4.78, 5) is 6.55. The van der Waals surface area contributed by atoms with Crippen LogP contribution in [0.5, 0.6) is 0 Å². The third-order valence-corrected chi connectivity index (χ3v) is 3.40. The zero-order valence-electron chi connectivity index (χ0n) is 8.45. The molecule has 0 amide bonds. The molecule has 1 aromatic heterocycles. The van der Waals surface area contributed by atoms with Gasteiger partial charge in [-0.3, -0.25) is 0 Å². The quantitative estimate of drug-likeness (QED) is 0.756. The number of halogens is 2. The van der Waals surface area contributed by atoms with E-state index >= 15 is 0 Å². The van der Waals surface area contributed by atoms with E-state index in [2.05, 4.69) is 15.0 Å². The summed E-state index contributed by atoms with van der Waals surface area (Å²) >= 11 is 0. The Hall–Kier alpha value is -0.320. The molecular weight excluding hydrogens is 235 g/mol. The van der Waals surface area contributed by atoms with E-state index in [1.807, 2.05) is 11.0 Å². The van der Waals surface area contributed by atoms with Gasteiger partial charge in [-0.05, 0) is 31.8 Å². The first-order chi connectivity index (χ1) is 6.43. The lowest BCUT2D eigenvalue weighted by molar-refractivity contribution is 0.0511.